The fourth-order valence-corrected chi connectivity index (χ4v) is 5.31. The molecule has 0 saturated carbocycles. The quantitative estimate of drug-likeness (QED) is 0.158. The molecule has 6 rings (SSSR count). The summed E-state index contributed by atoms with van der Waals surface area (Å²) in [6.45, 7) is 7.82. The predicted molar refractivity (Wildman–Crippen MR) is 162 cm³/mol. The Morgan fingerprint density at radius 2 is 1.64 bits per heavy atom. The van der Waals surface area contributed by atoms with Crippen LogP contribution in [0.2, 0.25) is 5.28 Å². The summed E-state index contributed by atoms with van der Waals surface area (Å²) in [6.07, 6.45) is 3.23. The zero-order chi connectivity index (χ0) is 31.0. The summed E-state index contributed by atoms with van der Waals surface area (Å²) in [5, 5.41) is 0.0292. The maximum Gasteiger partial charge on any atom is 0.338 e. The van der Waals surface area contributed by atoms with Crippen LogP contribution in [0.1, 0.15) is 70.1 Å². The Kier molecular flexibility index (Phi) is 8.15. The second-order valence-corrected chi connectivity index (χ2v) is 11.4. The fourth-order valence-electron chi connectivity index (χ4n) is 5.15. The molecule has 1 aliphatic heterocycles. The smallest absolute Gasteiger partial charge is 0.338 e. The van der Waals surface area contributed by atoms with E-state index in [4.69, 9.17) is 25.8 Å². The van der Waals surface area contributed by atoms with E-state index in [2.05, 4.69) is 19.9 Å². The normalized spacial score (nSPS) is 18.2. The molecule has 4 heterocycles. The van der Waals surface area contributed by atoms with E-state index < -0.39 is 30.4 Å². The van der Waals surface area contributed by atoms with Crippen molar-refractivity contribution in [1.82, 2.24) is 29.1 Å². The number of carbonyl (C=O) groups excluding carboxylic acids is 2. The highest BCUT2D eigenvalue weighted by atomic mass is 35.5. The molecule has 5 aromatic rings. The average molecular weight is 615 g/mol. The second kappa shape index (κ2) is 12.2. The van der Waals surface area contributed by atoms with Crippen LogP contribution in [-0.2, 0) is 14.2 Å². The summed E-state index contributed by atoms with van der Waals surface area (Å²) in [6, 6.07) is 14.2. The highest BCUT2D eigenvalue weighted by Crippen LogP contribution is 2.35. The zero-order valence-corrected chi connectivity index (χ0v) is 25.4. The molecule has 0 bridgehead atoms. The minimum absolute atomic E-state index is 0.0292. The molecule has 1 aliphatic rings. The highest BCUT2D eigenvalue weighted by molar-refractivity contribution is 6.28. The second-order valence-electron chi connectivity index (χ2n) is 11.1. The molecule has 0 unspecified atom stereocenters. The van der Waals surface area contributed by atoms with Crippen molar-refractivity contribution in [2.75, 3.05) is 6.61 Å². The molecule has 0 N–H and O–H groups in total. The van der Waals surface area contributed by atoms with Crippen molar-refractivity contribution >= 4 is 34.7 Å². The SMILES string of the molecule is Cc1ccc(C(=O)OC[C@H]2O[C@@H](n3cnc4c(-n5ccnc5C(C)C)nc(Cl)nc43)C[C@@H]2OC(=O)c2ccc(C)cc2)cc1. The van der Waals surface area contributed by atoms with Crippen molar-refractivity contribution in [2.45, 2.75) is 58.5 Å². The summed E-state index contributed by atoms with van der Waals surface area (Å²) >= 11 is 6.40. The topological polar surface area (TPSA) is 123 Å². The van der Waals surface area contributed by atoms with Crippen LogP contribution in [0.5, 0.6) is 0 Å². The van der Waals surface area contributed by atoms with Gasteiger partial charge in [0.05, 0.1) is 17.5 Å². The number of fused-ring (bicyclic) bond motifs is 1. The van der Waals surface area contributed by atoms with Crippen molar-refractivity contribution in [1.29, 1.82) is 0 Å². The molecular weight excluding hydrogens is 584 g/mol. The monoisotopic (exact) mass is 614 g/mol. The average Bonchev–Trinajstić information content (AvgIpc) is 3.75. The van der Waals surface area contributed by atoms with Gasteiger partial charge in [0.1, 0.15) is 30.9 Å². The summed E-state index contributed by atoms with van der Waals surface area (Å²) < 4.78 is 21.5. The number of hydrogen-bond donors (Lipinski definition) is 0. The van der Waals surface area contributed by atoms with Crippen LogP contribution in [0.15, 0.2) is 67.3 Å². The molecule has 1 fully saturated rings. The van der Waals surface area contributed by atoms with E-state index in [1.165, 1.54) is 0 Å². The van der Waals surface area contributed by atoms with Crippen LogP contribution in [0.4, 0.5) is 0 Å². The van der Waals surface area contributed by atoms with Gasteiger partial charge in [0.15, 0.2) is 17.0 Å². The van der Waals surface area contributed by atoms with E-state index in [9.17, 15) is 9.59 Å². The van der Waals surface area contributed by atoms with Crippen LogP contribution in [-0.4, -0.2) is 59.8 Å². The first-order valence-electron chi connectivity index (χ1n) is 14.3. The Hall–Kier alpha value is -4.61. The van der Waals surface area contributed by atoms with Gasteiger partial charge in [-0.15, -0.1) is 0 Å². The van der Waals surface area contributed by atoms with Gasteiger partial charge in [-0.05, 0) is 49.7 Å². The van der Waals surface area contributed by atoms with E-state index in [1.54, 1.807) is 47.6 Å². The van der Waals surface area contributed by atoms with Gasteiger partial charge in [0.2, 0.25) is 5.28 Å². The number of imidazole rings is 2. The van der Waals surface area contributed by atoms with Gasteiger partial charge in [-0.25, -0.2) is 19.6 Å². The zero-order valence-electron chi connectivity index (χ0n) is 24.7. The maximum absolute atomic E-state index is 13.1. The molecule has 3 atom stereocenters. The van der Waals surface area contributed by atoms with Crippen molar-refractivity contribution in [3.8, 4) is 5.82 Å². The van der Waals surface area contributed by atoms with Crippen molar-refractivity contribution in [2.24, 2.45) is 0 Å². The van der Waals surface area contributed by atoms with Crippen LogP contribution < -0.4 is 0 Å². The Morgan fingerprint density at radius 1 is 0.977 bits per heavy atom. The predicted octanol–water partition coefficient (Wildman–Crippen LogP) is 5.78. The minimum atomic E-state index is -0.751. The van der Waals surface area contributed by atoms with Crippen LogP contribution in [0, 0.1) is 13.8 Å². The first kappa shape index (κ1) is 29.5. The first-order valence-corrected chi connectivity index (χ1v) is 14.7. The van der Waals surface area contributed by atoms with E-state index in [-0.39, 0.29) is 24.2 Å². The Bertz CT molecular complexity index is 1820. The third-order valence-electron chi connectivity index (χ3n) is 7.49. The van der Waals surface area contributed by atoms with Gasteiger partial charge in [-0.3, -0.25) is 9.13 Å². The van der Waals surface area contributed by atoms with Crippen molar-refractivity contribution in [3.05, 3.63) is 101 Å². The number of aryl methyl sites for hydroxylation is 2. The molecule has 11 nitrogen and oxygen atoms in total. The van der Waals surface area contributed by atoms with E-state index in [0.717, 1.165) is 17.0 Å². The molecule has 44 heavy (non-hydrogen) atoms. The number of esters is 2. The molecule has 12 heteroatoms. The molecule has 226 valence electrons. The molecule has 1 saturated heterocycles. The van der Waals surface area contributed by atoms with E-state index >= 15 is 0 Å². The minimum Gasteiger partial charge on any atom is -0.459 e. The Morgan fingerprint density at radius 3 is 2.30 bits per heavy atom. The number of aromatic nitrogens is 6. The van der Waals surface area contributed by atoms with Crippen molar-refractivity contribution < 1.29 is 23.8 Å². The summed E-state index contributed by atoms with van der Waals surface area (Å²) in [7, 11) is 0. The molecule has 0 aliphatic carbocycles. The van der Waals surface area contributed by atoms with Gasteiger partial charge in [-0.2, -0.15) is 9.97 Å². The first-order chi connectivity index (χ1) is 21.2. The largest absolute Gasteiger partial charge is 0.459 e. The number of ether oxygens (including phenoxy) is 3. The van der Waals surface area contributed by atoms with Crippen LogP contribution in [0.25, 0.3) is 17.0 Å². The lowest BCUT2D eigenvalue weighted by atomic mass is 10.1. The maximum atomic E-state index is 13.1. The van der Waals surface area contributed by atoms with Gasteiger partial charge >= 0.3 is 11.9 Å². The molecular formula is C32H31ClN6O5. The van der Waals surface area contributed by atoms with Gasteiger partial charge < -0.3 is 14.2 Å². The number of rotatable bonds is 8. The number of benzene rings is 2. The number of hydrogen-bond acceptors (Lipinski definition) is 9. The molecule has 0 spiro atoms. The Labute approximate surface area is 258 Å². The molecule has 3 aromatic heterocycles. The summed E-state index contributed by atoms with van der Waals surface area (Å²) in [5.41, 5.74) is 3.82. The van der Waals surface area contributed by atoms with Gasteiger partial charge in [-0.1, -0.05) is 49.2 Å². The standard InChI is InChI=1S/C32H31ClN6O5/c1-18(2)27-34-13-14-38(27)28-26-29(37-32(33)36-28)39(17-35-26)25-15-23(44-31(41)22-11-7-20(4)8-12-22)24(43-25)16-42-30(40)21-9-5-19(3)6-10-21/h5-14,17-18,23-25H,15-16H2,1-4H3/t23-,24+,25+/m0/s1. The van der Waals surface area contributed by atoms with E-state index in [1.807, 2.05) is 56.5 Å². The molecule has 2 aromatic carbocycles. The van der Waals surface area contributed by atoms with Crippen LogP contribution in [0.3, 0.4) is 0 Å². The molecule has 0 amide bonds. The Balaban J connectivity index is 1.29. The lowest BCUT2D eigenvalue weighted by molar-refractivity contribution is -0.0563. The highest BCUT2D eigenvalue weighted by Gasteiger charge is 2.41. The van der Waals surface area contributed by atoms with Gasteiger partial charge in [0.25, 0.3) is 0 Å². The third kappa shape index (κ3) is 5.93. The summed E-state index contributed by atoms with van der Waals surface area (Å²) in [5.74, 6) is 0.411. The van der Waals surface area contributed by atoms with Gasteiger partial charge in [0, 0.05) is 24.7 Å². The van der Waals surface area contributed by atoms with Crippen LogP contribution >= 0.6 is 11.6 Å². The number of nitrogens with zero attached hydrogens (tertiary/aromatic N) is 6. The summed E-state index contributed by atoms with van der Waals surface area (Å²) in [4.78, 5) is 43.9. The van der Waals surface area contributed by atoms with Crippen molar-refractivity contribution in [3.63, 3.8) is 0 Å². The lowest BCUT2D eigenvalue weighted by Crippen LogP contribution is -2.32. The fraction of sp³-hybridized carbons (Fsp3) is 0.312. The molecule has 0 radical (unpaired) electrons. The lowest BCUT2D eigenvalue weighted by Gasteiger charge is -2.19. The van der Waals surface area contributed by atoms with E-state index in [0.29, 0.717) is 28.1 Å². The third-order valence-corrected chi connectivity index (χ3v) is 7.66. The number of halogens is 1. The number of carbonyl (C=O) groups is 2.